The Morgan fingerprint density at radius 3 is 2.76 bits per heavy atom. The lowest BCUT2D eigenvalue weighted by molar-refractivity contribution is 0.394. The van der Waals surface area contributed by atoms with Gasteiger partial charge in [0.05, 0.1) is 7.11 Å². The van der Waals surface area contributed by atoms with Gasteiger partial charge in [0.15, 0.2) is 0 Å². The van der Waals surface area contributed by atoms with Gasteiger partial charge in [-0.3, -0.25) is 0 Å². The van der Waals surface area contributed by atoms with Crippen LogP contribution in [0.2, 0.25) is 0 Å². The van der Waals surface area contributed by atoms with Crippen LogP contribution in [-0.2, 0) is 6.42 Å². The molecule has 3 heteroatoms. The van der Waals surface area contributed by atoms with E-state index in [1.165, 1.54) is 31.2 Å². The Labute approximate surface area is 112 Å². The summed E-state index contributed by atoms with van der Waals surface area (Å²) in [7, 11) is 1.72. The van der Waals surface area contributed by atoms with Crippen molar-refractivity contribution in [2.24, 2.45) is 11.7 Å². The van der Waals surface area contributed by atoms with Crippen LogP contribution in [0.5, 0.6) is 5.75 Å². The van der Waals surface area contributed by atoms with Crippen molar-refractivity contribution < 1.29 is 4.74 Å². The number of hydrogen-bond acceptors (Lipinski definition) is 2. The van der Waals surface area contributed by atoms with Gasteiger partial charge in [0, 0.05) is 10.5 Å². The summed E-state index contributed by atoms with van der Waals surface area (Å²) in [5.74, 6) is 1.64. The second kappa shape index (κ2) is 5.87. The van der Waals surface area contributed by atoms with E-state index in [-0.39, 0.29) is 6.04 Å². The van der Waals surface area contributed by atoms with Crippen molar-refractivity contribution in [1.82, 2.24) is 0 Å². The molecule has 1 saturated carbocycles. The maximum atomic E-state index is 6.31. The Bertz CT molecular complexity index is 374. The van der Waals surface area contributed by atoms with E-state index in [1.807, 2.05) is 12.1 Å². The number of methoxy groups -OCH3 is 1. The molecule has 2 N–H and O–H groups in total. The van der Waals surface area contributed by atoms with E-state index in [2.05, 4.69) is 22.0 Å². The van der Waals surface area contributed by atoms with Gasteiger partial charge in [0.1, 0.15) is 5.75 Å². The minimum Gasteiger partial charge on any atom is -0.496 e. The molecular weight excluding hydrogens is 278 g/mol. The van der Waals surface area contributed by atoms with Crippen LogP contribution in [0.25, 0.3) is 0 Å². The van der Waals surface area contributed by atoms with Crippen molar-refractivity contribution in [2.75, 3.05) is 7.11 Å². The largest absolute Gasteiger partial charge is 0.496 e. The molecule has 1 fully saturated rings. The van der Waals surface area contributed by atoms with Gasteiger partial charge in [-0.25, -0.2) is 0 Å². The molecule has 2 nitrogen and oxygen atoms in total. The minimum absolute atomic E-state index is 0.265. The lowest BCUT2D eigenvalue weighted by atomic mass is 9.93. The molecule has 17 heavy (non-hydrogen) atoms. The topological polar surface area (TPSA) is 35.2 Å². The van der Waals surface area contributed by atoms with E-state index in [4.69, 9.17) is 10.5 Å². The smallest absolute Gasteiger partial charge is 0.122 e. The Kier molecular flexibility index (Phi) is 4.46. The Hall–Kier alpha value is -0.540. The maximum absolute atomic E-state index is 6.31. The first-order chi connectivity index (χ1) is 8.20. The summed E-state index contributed by atoms with van der Waals surface area (Å²) >= 11 is 3.50. The number of hydrogen-bond donors (Lipinski definition) is 1. The van der Waals surface area contributed by atoms with Crippen molar-refractivity contribution in [3.05, 3.63) is 28.2 Å². The molecule has 0 heterocycles. The molecule has 0 bridgehead atoms. The molecule has 0 radical (unpaired) electrons. The van der Waals surface area contributed by atoms with Crippen molar-refractivity contribution in [2.45, 2.75) is 38.1 Å². The first kappa shape index (κ1) is 12.9. The van der Waals surface area contributed by atoms with Crippen LogP contribution in [0.3, 0.4) is 0 Å². The van der Waals surface area contributed by atoms with Gasteiger partial charge in [-0.15, -0.1) is 0 Å². The molecule has 1 aliphatic carbocycles. The molecular formula is C14H20BrNO. The molecule has 1 aliphatic rings. The molecule has 1 unspecified atom stereocenters. The standard InChI is InChI=1S/C14H20BrNO/c1-17-14-7-6-12(15)8-11(14)9-13(16)10-4-2-3-5-10/h6-8,10,13H,2-5,9,16H2,1H3. The van der Waals surface area contributed by atoms with Gasteiger partial charge in [-0.1, -0.05) is 28.8 Å². The van der Waals surface area contributed by atoms with E-state index in [0.717, 1.165) is 16.6 Å². The third-order valence-corrected chi connectivity index (χ3v) is 4.20. The van der Waals surface area contributed by atoms with Gasteiger partial charge in [-0.2, -0.15) is 0 Å². The monoisotopic (exact) mass is 297 g/mol. The predicted molar refractivity (Wildman–Crippen MR) is 74.3 cm³/mol. The van der Waals surface area contributed by atoms with Crippen LogP contribution in [0.15, 0.2) is 22.7 Å². The van der Waals surface area contributed by atoms with Gasteiger partial charge >= 0.3 is 0 Å². The lowest BCUT2D eigenvalue weighted by Gasteiger charge is -2.20. The number of halogens is 1. The second-order valence-electron chi connectivity index (χ2n) is 4.87. The highest BCUT2D eigenvalue weighted by molar-refractivity contribution is 9.10. The van der Waals surface area contributed by atoms with Crippen LogP contribution in [-0.4, -0.2) is 13.2 Å². The van der Waals surface area contributed by atoms with E-state index in [9.17, 15) is 0 Å². The number of rotatable bonds is 4. The molecule has 0 aromatic heterocycles. The molecule has 0 spiro atoms. The van der Waals surface area contributed by atoms with Crippen molar-refractivity contribution in [1.29, 1.82) is 0 Å². The van der Waals surface area contributed by atoms with Gasteiger partial charge in [-0.05, 0) is 48.9 Å². The summed E-state index contributed by atoms with van der Waals surface area (Å²) in [5.41, 5.74) is 7.52. The summed E-state index contributed by atoms with van der Waals surface area (Å²) in [6.07, 6.45) is 6.17. The van der Waals surface area contributed by atoms with Crippen LogP contribution in [0, 0.1) is 5.92 Å². The number of benzene rings is 1. The molecule has 0 saturated heterocycles. The van der Waals surface area contributed by atoms with Crippen LogP contribution in [0.1, 0.15) is 31.2 Å². The van der Waals surface area contributed by atoms with Crippen LogP contribution < -0.4 is 10.5 Å². The van der Waals surface area contributed by atoms with E-state index >= 15 is 0 Å². The zero-order valence-electron chi connectivity index (χ0n) is 10.3. The summed E-state index contributed by atoms with van der Waals surface area (Å²) < 4.78 is 6.48. The summed E-state index contributed by atoms with van der Waals surface area (Å²) in [5, 5.41) is 0. The zero-order chi connectivity index (χ0) is 12.3. The van der Waals surface area contributed by atoms with Crippen molar-refractivity contribution >= 4 is 15.9 Å². The third-order valence-electron chi connectivity index (χ3n) is 3.70. The fourth-order valence-electron chi connectivity index (χ4n) is 2.71. The molecule has 0 aliphatic heterocycles. The second-order valence-corrected chi connectivity index (χ2v) is 5.78. The number of ether oxygens (including phenoxy) is 1. The lowest BCUT2D eigenvalue weighted by Crippen LogP contribution is -2.30. The average Bonchev–Trinajstić information content (AvgIpc) is 2.83. The van der Waals surface area contributed by atoms with Gasteiger partial charge < -0.3 is 10.5 Å². The first-order valence-electron chi connectivity index (χ1n) is 6.28. The highest BCUT2D eigenvalue weighted by atomic mass is 79.9. The van der Waals surface area contributed by atoms with E-state index < -0.39 is 0 Å². The molecule has 1 aromatic carbocycles. The Balaban J connectivity index is 2.08. The fraction of sp³-hybridized carbons (Fsp3) is 0.571. The minimum atomic E-state index is 0.265. The molecule has 1 atom stereocenters. The van der Waals surface area contributed by atoms with Crippen molar-refractivity contribution in [3.63, 3.8) is 0 Å². The van der Waals surface area contributed by atoms with E-state index in [0.29, 0.717) is 5.92 Å². The molecule has 2 rings (SSSR count). The van der Waals surface area contributed by atoms with Crippen LogP contribution in [0.4, 0.5) is 0 Å². The third kappa shape index (κ3) is 3.23. The van der Waals surface area contributed by atoms with E-state index in [1.54, 1.807) is 7.11 Å². The first-order valence-corrected chi connectivity index (χ1v) is 7.08. The highest BCUT2D eigenvalue weighted by Crippen LogP contribution is 2.30. The SMILES string of the molecule is COc1ccc(Br)cc1CC(N)C1CCCC1. The molecule has 0 amide bonds. The normalized spacial score (nSPS) is 18.3. The molecule has 94 valence electrons. The van der Waals surface area contributed by atoms with Crippen molar-refractivity contribution in [3.8, 4) is 5.75 Å². The fourth-order valence-corrected chi connectivity index (χ4v) is 3.12. The Morgan fingerprint density at radius 2 is 2.12 bits per heavy atom. The van der Waals surface area contributed by atoms with Gasteiger partial charge in [0.25, 0.3) is 0 Å². The predicted octanol–water partition coefficient (Wildman–Crippen LogP) is 3.52. The Morgan fingerprint density at radius 1 is 1.41 bits per heavy atom. The molecule has 1 aromatic rings. The van der Waals surface area contributed by atoms with Gasteiger partial charge in [0.2, 0.25) is 0 Å². The highest BCUT2D eigenvalue weighted by Gasteiger charge is 2.23. The summed E-state index contributed by atoms with van der Waals surface area (Å²) in [4.78, 5) is 0. The summed E-state index contributed by atoms with van der Waals surface area (Å²) in [6.45, 7) is 0. The average molecular weight is 298 g/mol. The van der Waals surface area contributed by atoms with Crippen LogP contribution >= 0.6 is 15.9 Å². The maximum Gasteiger partial charge on any atom is 0.122 e. The number of nitrogens with two attached hydrogens (primary N) is 1. The zero-order valence-corrected chi connectivity index (χ0v) is 11.9. The summed E-state index contributed by atoms with van der Waals surface area (Å²) in [6, 6.07) is 6.39. The quantitative estimate of drug-likeness (QED) is 0.923.